The molecular formula is C11H16FNO2. The van der Waals surface area contributed by atoms with E-state index in [4.69, 9.17) is 15.6 Å². The molecule has 0 bridgehead atoms. The number of rotatable bonds is 5. The zero-order valence-corrected chi connectivity index (χ0v) is 8.74. The van der Waals surface area contributed by atoms with E-state index in [1.165, 1.54) is 12.1 Å². The normalized spacial score (nSPS) is 12.5. The van der Waals surface area contributed by atoms with E-state index >= 15 is 0 Å². The highest BCUT2D eigenvalue weighted by Crippen LogP contribution is 2.24. The van der Waals surface area contributed by atoms with Crippen molar-refractivity contribution >= 4 is 0 Å². The van der Waals surface area contributed by atoms with Crippen molar-refractivity contribution in [1.29, 1.82) is 0 Å². The molecule has 0 fully saturated rings. The number of benzene rings is 1. The molecule has 0 spiro atoms. The second-order valence-electron chi connectivity index (χ2n) is 3.40. The van der Waals surface area contributed by atoms with E-state index in [2.05, 4.69) is 0 Å². The highest BCUT2D eigenvalue weighted by molar-refractivity contribution is 5.36. The Morgan fingerprint density at radius 2 is 2.27 bits per heavy atom. The minimum atomic E-state index is -0.322. The Balaban J connectivity index is 2.77. The molecule has 84 valence electrons. The Morgan fingerprint density at radius 3 is 2.87 bits per heavy atom. The van der Waals surface area contributed by atoms with Crippen molar-refractivity contribution < 1.29 is 14.2 Å². The van der Waals surface area contributed by atoms with E-state index in [0.29, 0.717) is 24.3 Å². The molecule has 3 nitrogen and oxygen atoms in total. The third-order valence-corrected chi connectivity index (χ3v) is 2.02. The summed E-state index contributed by atoms with van der Waals surface area (Å²) < 4.78 is 18.3. The zero-order chi connectivity index (χ0) is 11.3. The van der Waals surface area contributed by atoms with Crippen LogP contribution in [0.1, 0.15) is 24.9 Å². The molecule has 0 aliphatic heterocycles. The van der Waals surface area contributed by atoms with Crippen molar-refractivity contribution in [2.75, 3.05) is 13.2 Å². The quantitative estimate of drug-likeness (QED) is 0.730. The van der Waals surface area contributed by atoms with Crippen molar-refractivity contribution in [2.24, 2.45) is 5.73 Å². The molecule has 1 unspecified atom stereocenters. The van der Waals surface area contributed by atoms with Gasteiger partial charge in [-0.05, 0) is 25.1 Å². The van der Waals surface area contributed by atoms with Gasteiger partial charge >= 0.3 is 0 Å². The fourth-order valence-corrected chi connectivity index (χ4v) is 1.25. The van der Waals surface area contributed by atoms with Crippen LogP contribution in [0.4, 0.5) is 4.39 Å². The Morgan fingerprint density at radius 1 is 1.53 bits per heavy atom. The summed E-state index contributed by atoms with van der Waals surface area (Å²) in [5.74, 6) is 0.261. The fraction of sp³-hybridized carbons (Fsp3) is 0.455. The van der Waals surface area contributed by atoms with Crippen LogP contribution < -0.4 is 10.5 Å². The predicted molar refractivity (Wildman–Crippen MR) is 56.2 cm³/mol. The van der Waals surface area contributed by atoms with Crippen molar-refractivity contribution in [1.82, 2.24) is 0 Å². The van der Waals surface area contributed by atoms with Crippen molar-refractivity contribution in [3.63, 3.8) is 0 Å². The third kappa shape index (κ3) is 3.49. The average molecular weight is 213 g/mol. The number of aliphatic hydroxyl groups excluding tert-OH is 1. The highest BCUT2D eigenvalue weighted by Gasteiger charge is 2.09. The Labute approximate surface area is 88.7 Å². The second-order valence-corrected chi connectivity index (χ2v) is 3.40. The molecule has 1 rings (SSSR count). The van der Waals surface area contributed by atoms with Gasteiger partial charge in [0.25, 0.3) is 0 Å². The van der Waals surface area contributed by atoms with Crippen LogP contribution >= 0.6 is 0 Å². The Kier molecular flexibility index (Phi) is 4.52. The fourth-order valence-electron chi connectivity index (χ4n) is 1.25. The van der Waals surface area contributed by atoms with Gasteiger partial charge in [0, 0.05) is 24.6 Å². The van der Waals surface area contributed by atoms with E-state index in [0.717, 1.165) is 0 Å². The van der Waals surface area contributed by atoms with Gasteiger partial charge in [-0.3, -0.25) is 0 Å². The van der Waals surface area contributed by atoms with Crippen LogP contribution in [0.2, 0.25) is 0 Å². The maximum absolute atomic E-state index is 12.9. The highest BCUT2D eigenvalue weighted by atomic mass is 19.1. The Bertz CT molecular complexity index is 315. The first-order valence-electron chi connectivity index (χ1n) is 4.94. The molecule has 0 heterocycles. The average Bonchev–Trinajstić information content (AvgIpc) is 2.20. The molecule has 0 saturated heterocycles. The molecule has 0 radical (unpaired) electrons. The molecule has 1 aromatic carbocycles. The molecule has 0 aliphatic rings. The zero-order valence-electron chi connectivity index (χ0n) is 8.74. The number of halogens is 1. The standard InChI is InChI=1S/C11H16FNO2/c1-8(13)10-7-9(12)3-4-11(10)15-6-2-5-14/h3-4,7-8,14H,2,5-6,13H2,1H3. The van der Waals surface area contributed by atoms with E-state index in [1.807, 2.05) is 0 Å². The van der Waals surface area contributed by atoms with Crippen LogP contribution in [0.3, 0.4) is 0 Å². The summed E-state index contributed by atoms with van der Waals surface area (Å²) in [5, 5.41) is 8.60. The molecular weight excluding hydrogens is 197 g/mol. The van der Waals surface area contributed by atoms with Crippen LogP contribution in [0, 0.1) is 5.82 Å². The smallest absolute Gasteiger partial charge is 0.124 e. The first-order valence-corrected chi connectivity index (χ1v) is 4.94. The monoisotopic (exact) mass is 213 g/mol. The van der Waals surface area contributed by atoms with Gasteiger partial charge in [-0.1, -0.05) is 0 Å². The largest absolute Gasteiger partial charge is 0.493 e. The lowest BCUT2D eigenvalue weighted by atomic mass is 10.1. The maximum Gasteiger partial charge on any atom is 0.124 e. The lowest BCUT2D eigenvalue weighted by Crippen LogP contribution is -2.09. The van der Waals surface area contributed by atoms with Crippen LogP contribution in [0.15, 0.2) is 18.2 Å². The van der Waals surface area contributed by atoms with Crippen LogP contribution in [0.5, 0.6) is 5.75 Å². The number of hydrogen-bond acceptors (Lipinski definition) is 3. The minimum Gasteiger partial charge on any atom is -0.493 e. The third-order valence-electron chi connectivity index (χ3n) is 2.02. The first-order chi connectivity index (χ1) is 7.15. The summed E-state index contributed by atoms with van der Waals surface area (Å²) in [7, 11) is 0. The van der Waals surface area contributed by atoms with E-state index < -0.39 is 0 Å². The van der Waals surface area contributed by atoms with Gasteiger partial charge < -0.3 is 15.6 Å². The molecule has 0 aromatic heterocycles. The topological polar surface area (TPSA) is 55.5 Å². The van der Waals surface area contributed by atoms with Crippen molar-refractivity contribution in [3.8, 4) is 5.75 Å². The van der Waals surface area contributed by atoms with Crippen LogP contribution in [-0.4, -0.2) is 18.3 Å². The SMILES string of the molecule is CC(N)c1cc(F)ccc1OCCCO. The maximum atomic E-state index is 12.9. The summed E-state index contributed by atoms with van der Waals surface area (Å²) >= 11 is 0. The molecule has 1 aromatic rings. The Hall–Kier alpha value is -1.13. The van der Waals surface area contributed by atoms with Gasteiger partial charge in [-0.15, -0.1) is 0 Å². The molecule has 3 N–H and O–H groups in total. The summed E-state index contributed by atoms with van der Waals surface area (Å²) in [4.78, 5) is 0. The first kappa shape index (κ1) is 11.9. The lowest BCUT2D eigenvalue weighted by Gasteiger charge is -2.13. The summed E-state index contributed by atoms with van der Waals surface area (Å²) in [5.41, 5.74) is 6.34. The molecule has 1 atom stereocenters. The molecule has 15 heavy (non-hydrogen) atoms. The van der Waals surface area contributed by atoms with Gasteiger partial charge in [0.2, 0.25) is 0 Å². The van der Waals surface area contributed by atoms with E-state index in [-0.39, 0.29) is 18.5 Å². The number of hydrogen-bond donors (Lipinski definition) is 2. The van der Waals surface area contributed by atoms with E-state index in [9.17, 15) is 4.39 Å². The van der Waals surface area contributed by atoms with Gasteiger partial charge in [-0.2, -0.15) is 0 Å². The molecule has 0 saturated carbocycles. The van der Waals surface area contributed by atoms with Gasteiger partial charge in [0.1, 0.15) is 11.6 Å². The number of aliphatic hydroxyl groups is 1. The molecule has 4 heteroatoms. The van der Waals surface area contributed by atoms with Gasteiger partial charge in [0.15, 0.2) is 0 Å². The van der Waals surface area contributed by atoms with Gasteiger partial charge in [-0.25, -0.2) is 4.39 Å². The van der Waals surface area contributed by atoms with Gasteiger partial charge in [0.05, 0.1) is 6.61 Å². The van der Waals surface area contributed by atoms with Crippen LogP contribution in [-0.2, 0) is 0 Å². The second kappa shape index (κ2) is 5.68. The molecule has 0 aliphatic carbocycles. The van der Waals surface area contributed by atoms with Crippen molar-refractivity contribution in [2.45, 2.75) is 19.4 Å². The van der Waals surface area contributed by atoms with E-state index in [1.54, 1.807) is 13.0 Å². The number of nitrogens with two attached hydrogens (primary N) is 1. The van der Waals surface area contributed by atoms with Crippen LogP contribution in [0.25, 0.3) is 0 Å². The lowest BCUT2D eigenvalue weighted by molar-refractivity contribution is 0.232. The summed E-state index contributed by atoms with van der Waals surface area (Å²) in [6.07, 6.45) is 0.551. The predicted octanol–water partition coefficient (Wildman–Crippen LogP) is 1.61. The van der Waals surface area contributed by atoms with Crippen molar-refractivity contribution in [3.05, 3.63) is 29.6 Å². The number of ether oxygens (including phenoxy) is 1. The minimum absolute atomic E-state index is 0.0781. The summed E-state index contributed by atoms with van der Waals surface area (Å²) in [6.45, 7) is 2.25. The molecule has 0 amide bonds. The summed E-state index contributed by atoms with van der Waals surface area (Å²) in [6, 6.07) is 4.00.